The molecule has 0 unspecified atom stereocenters. The van der Waals surface area contributed by atoms with E-state index in [0.29, 0.717) is 5.22 Å². The molecule has 1 aromatic heterocycles. The van der Waals surface area contributed by atoms with Gasteiger partial charge in [-0.3, -0.25) is 0 Å². The predicted octanol–water partition coefficient (Wildman–Crippen LogP) is 3.17. The van der Waals surface area contributed by atoms with Gasteiger partial charge in [0.1, 0.15) is 5.76 Å². The number of furan rings is 1. The van der Waals surface area contributed by atoms with Crippen LogP contribution in [0.1, 0.15) is 18.6 Å². The lowest BCUT2D eigenvalue weighted by Gasteiger charge is -2.21. The van der Waals surface area contributed by atoms with Crippen molar-refractivity contribution in [2.75, 3.05) is 18.8 Å². The van der Waals surface area contributed by atoms with E-state index in [4.69, 9.17) is 16.0 Å². The highest BCUT2D eigenvalue weighted by Crippen LogP contribution is 2.23. The molecule has 84 valence electrons. The Morgan fingerprint density at radius 3 is 2.87 bits per heavy atom. The first kappa shape index (κ1) is 11.4. The van der Waals surface area contributed by atoms with Gasteiger partial charge in [-0.1, -0.05) is 0 Å². The first-order valence-electron chi connectivity index (χ1n) is 5.37. The maximum atomic E-state index is 5.70. The van der Waals surface area contributed by atoms with Crippen molar-refractivity contribution in [3.8, 4) is 0 Å². The molecule has 1 N–H and O–H groups in total. The van der Waals surface area contributed by atoms with Crippen molar-refractivity contribution < 1.29 is 4.42 Å². The highest BCUT2D eigenvalue weighted by atomic mass is 35.5. The number of piperidine rings is 1. The van der Waals surface area contributed by atoms with Crippen molar-refractivity contribution in [3.63, 3.8) is 0 Å². The Labute approximate surface area is 99.8 Å². The van der Waals surface area contributed by atoms with Crippen LogP contribution in [0, 0.1) is 5.92 Å². The fourth-order valence-corrected chi connectivity index (χ4v) is 3.11. The average Bonchev–Trinajstić information content (AvgIpc) is 2.66. The van der Waals surface area contributed by atoms with Crippen molar-refractivity contribution in [1.82, 2.24) is 5.32 Å². The Morgan fingerprint density at radius 2 is 2.20 bits per heavy atom. The van der Waals surface area contributed by atoms with Gasteiger partial charge in [-0.2, -0.15) is 11.8 Å². The van der Waals surface area contributed by atoms with Gasteiger partial charge in [0.15, 0.2) is 5.22 Å². The Bertz CT molecular complexity index is 297. The third-order valence-corrected chi connectivity index (χ3v) is 4.08. The van der Waals surface area contributed by atoms with E-state index >= 15 is 0 Å². The van der Waals surface area contributed by atoms with Gasteiger partial charge in [-0.25, -0.2) is 0 Å². The molecule has 4 heteroatoms. The molecule has 0 spiro atoms. The van der Waals surface area contributed by atoms with Gasteiger partial charge in [0.05, 0.1) is 5.75 Å². The third-order valence-electron chi connectivity index (χ3n) is 2.69. The summed E-state index contributed by atoms with van der Waals surface area (Å²) in [5, 5.41) is 3.87. The first-order chi connectivity index (χ1) is 7.34. The average molecular weight is 246 g/mol. The van der Waals surface area contributed by atoms with Gasteiger partial charge in [0.25, 0.3) is 0 Å². The molecule has 1 aliphatic heterocycles. The number of rotatable bonds is 4. The zero-order valence-corrected chi connectivity index (χ0v) is 10.2. The molecule has 0 aliphatic carbocycles. The molecule has 2 nitrogen and oxygen atoms in total. The summed E-state index contributed by atoms with van der Waals surface area (Å²) in [7, 11) is 0. The van der Waals surface area contributed by atoms with Gasteiger partial charge < -0.3 is 9.73 Å². The molecule has 2 rings (SSSR count). The van der Waals surface area contributed by atoms with Crippen molar-refractivity contribution in [1.29, 1.82) is 0 Å². The van der Waals surface area contributed by atoms with E-state index in [1.54, 1.807) is 0 Å². The SMILES string of the molecule is Clc1ccc(CSCC2CCNCC2)o1. The van der Waals surface area contributed by atoms with E-state index in [2.05, 4.69) is 5.32 Å². The summed E-state index contributed by atoms with van der Waals surface area (Å²) < 4.78 is 5.31. The number of thioether (sulfide) groups is 1. The van der Waals surface area contributed by atoms with Crippen LogP contribution in [0.25, 0.3) is 0 Å². The van der Waals surface area contributed by atoms with Gasteiger partial charge in [-0.15, -0.1) is 0 Å². The molecular weight excluding hydrogens is 230 g/mol. The van der Waals surface area contributed by atoms with Crippen LogP contribution in [-0.4, -0.2) is 18.8 Å². The molecule has 0 amide bonds. The quantitative estimate of drug-likeness (QED) is 0.882. The third kappa shape index (κ3) is 3.74. The van der Waals surface area contributed by atoms with Gasteiger partial charge in [0, 0.05) is 0 Å². The van der Waals surface area contributed by atoms with Crippen LogP contribution < -0.4 is 5.32 Å². The molecule has 0 bridgehead atoms. The zero-order valence-electron chi connectivity index (χ0n) is 8.67. The van der Waals surface area contributed by atoms with E-state index < -0.39 is 0 Å². The lowest BCUT2D eigenvalue weighted by molar-refractivity contribution is 0.407. The molecular formula is C11H16ClNOS. The Balaban J connectivity index is 1.65. The molecule has 0 aromatic carbocycles. The molecule has 2 heterocycles. The second kappa shape index (κ2) is 5.83. The lowest BCUT2D eigenvalue weighted by Crippen LogP contribution is -2.28. The van der Waals surface area contributed by atoms with E-state index in [0.717, 1.165) is 17.4 Å². The fraction of sp³-hybridized carbons (Fsp3) is 0.636. The maximum absolute atomic E-state index is 5.70. The number of hydrogen-bond donors (Lipinski definition) is 1. The van der Waals surface area contributed by atoms with Gasteiger partial charge >= 0.3 is 0 Å². The second-order valence-corrected chi connectivity index (χ2v) is 5.32. The van der Waals surface area contributed by atoms with Crippen LogP contribution in [0.4, 0.5) is 0 Å². The minimum atomic E-state index is 0.493. The highest BCUT2D eigenvalue weighted by Gasteiger charge is 2.12. The standard InChI is InChI=1S/C11H16ClNOS/c12-11-2-1-10(14-11)8-15-7-9-3-5-13-6-4-9/h1-2,9,13H,3-8H2. The predicted molar refractivity (Wildman–Crippen MR) is 65.5 cm³/mol. The van der Waals surface area contributed by atoms with Crippen LogP contribution >= 0.6 is 23.4 Å². The molecule has 1 fully saturated rings. The van der Waals surface area contributed by atoms with Crippen LogP contribution in [-0.2, 0) is 5.75 Å². The van der Waals surface area contributed by atoms with Crippen molar-refractivity contribution in [2.45, 2.75) is 18.6 Å². The van der Waals surface area contributed by atoms with Gasteiger partial charge in [-0.05, 0) is 61.3 Å². The summed E-state index contributed by atoms with van der Waals surface area (Å²) in [4.78, 5) is 0. The molecule has 1 aliphatic rings. The Kier molecular flexibility index (Phi) is 4.42. The molecule has 1 saturated heterocycles. The van der Waals surface area contributed by atoms with Crippen molar-refractivity contribution in [3.05, 3.63) is 23.1 Å². The highest BCUT2D eigenvalue weighted by molar-refractivity contribution is 7.98. The number of halogens is 1. The molecule has 0 saturated carbocycles. The van der Waals surface area contributed by atoms with Crippen molar-refractivity contribution >= 4 is 23.4 Å². The van der Waals surface area contributed by atoms with E-state index in [9.17, 15) is 0 Å². The van der Waals surface area contributed by atoms with Crippen LogP contribution in [0.3, 0.4) is 0 Å². The minimum absolute atomic E-state index is 0.493. The maximum Gasteiger partial charge on any atom is 0.193 e. The van der Waals surface area contributed by atoms with E-state index in [1.165, 1.54) is 31.7 Å². The van der Waals surface area contributed by atoms with Crippen LogP contribution in [0.2, 0.25) is 5.22 Å². The summed E-state index contributed by atoms with van der Waals surface area (Å²) in [5.41, 5.74) is 0. The van der Waals surface area contributed by atoms with Crippen LogP contribution in [0.15, 0.2) is 16.5 Å². The number of nitrogens with one attached hydrogen (secondary N) is 1. The topological polar surface area (TPSA) is 25.2 Å². The Morgan fingerprint density at radius 1 is 1.40 bits per heavy atom. The molecule has 0 radical (unpaired) electrons. The smallest absolute Gasteiger partial charge is 0.193 e. The molecule has 1 aromatic rings. The summed E-state index contributed by atoms with van der Waals surface area (Å²) in [6.45, 7) is 2.36. The minimum Gasteiger partial charge on any atom is -0.449 e. The van der Waals surface area contributed by atoms with E-state index in [1.807, 2.05) is 23.9 Å². The van der Waals surface area contributed by atoms with Gasteiger partial charge in [0.2, 0.25) is 0 Å². The van der Waals surface area contributed by atoms with Crippen molar-refractivity contribution in [2.24, 2.45) is 5.92 Å². The largest absolute Gasteiger partial charge is 0.449 e. The zero-order chi connectivity index (χ0) is 10.5. The summed E-state index contributed by atoms with van der Waals surface area (Å²) in [6, 6.07) is 3.76. The normalized spacial score (nSPS) is 18.2. The second-order valence-electron chi connectivity index (χ2n) is 3.91. The molecule has 0 atom stereocenters. The first-order valence-corrected chi connectivity index (χ1v) is 6.90. The van der Waals surface area contributed by atoms with Crippen LogP contribution in [0.5, 0.6) is 0 Å². The summed E-state index contributed by atoms with van der Waals surface area (Å²) in [5.74, 6) is 4.04. The fourth-order valence-electron chi connectivity index (χ4n) is 1.80. The summed E-state index contributed by atoms with van der Waals surface area (Å²) >= 11 is 7.65. The summed E-state index contributed by atoms with van der Waals surface area (Å²) in [6.07, 6.45) is 2.62. The monoisotopic (exact) mass is 245 g/mol. The Hall–Kier alpha value is -0.120. The molecule has 15 heavy (non-hydrogen) atoms. The lowest BCUT2D eigenvalue weighted by atomic mass is 10.0. The number of hydrogen-bond acceptors (Lipinski definition) is 3. The van der Waals surface area contributed by atoms with E-state index in [-0.39, 0.29) is 0 Å².